The lowest BCUT2D eigenvalue weighted by atomic mass is 10.1. The van der Waals surface area contributed by atoms with E-state index in [4.69, 9.17) is 23.2 Å². The van der Waals surface area contributed by atoms with E-state index in [2.05, 4.69) is 76.3 Å². The molecule has 2 aromatic heterocycles. The molecule has 0 radical (unpaired) electrons. The summed E-state index contributed by atoms with van der Waals surface area (Å²) in [6.07, 6.45) is 8.69. The molecule has 2 aliphatic heterocycles. The molecule has 0 unspecified atom stereocenters. The Hall–Kier alpha value is -1.55. The highest BCUT2D eigenvalue weighted by Gasteiger charge is 2.33. The van der Waals surface area contributed by atoms with Gasteiger partial charge in [-0.15, -0.1) is 0 Å². The van der Waals surface area contributed by atoms with Gasteiger partial charge in [-0.3, -0.25) is 9.80 Å². The molecule has 33 heavy (non-hydrogen) atoms. The Morgan fingerprint density at radius 1 is 0.788 bits per heavy atom. The molecule has 2 saturated heterocycles. The van der Waals surface area contributed by atoms with Gasteiger partial charge in [-0.25, -0.2) is 9.97 Å². The highest BCUT2D eigenvalue weighted by molar-refractivity contribution is 7.80. The second kappa shape index (κ2) is 9.98. The van der Waals surface area contributed by atoms with Crippen LogP contribution >= 0.6 is 31.1 Å². The summed E-state index contributed by atoms with van der Waals surface area (Å²) in [5.74, 6) is 0. The van der Waals surface area contributed by atoms with Crippen molar-refractivity contribution < 1.29 is 0 Å². The van der Waals surface area contributed by atoms with E-state index in [9.17, 15) is 0 Å². The quantitative estimate of drug-likeness (QED) is 0.362. The van der Waals surface area contributed by atoms with Crippen LogP contribution < -0.4 is 15.9 Å². The fraction of sp³-hybridized carbons (Fsp3) is 0.385. The van der Waals surface area contributed by atoms with Gasteiger partial charge in [0, 0.05) is 24.5 Å². The first kappa shape index (κ1) is 23.2. The van der Waals surface area contributed by atoms with Crippen LogP contribution in [0.5, 0.6) is 0 Å². The van der Waals surface area contributed by atoms with Crippen LogP contribution in [0.1, 0.15) is 48.9 Å². The van der Waals surface area contributed by atoms with Crippen LogP contribution in [0.4, 0.5) is 0 Å². The molecule has 2 aliphatic rings. The molecule has 3 aromatic rings. The number of benzene rings is 1. The predicted octanol–water partition coefficient (Wildman–Crippen LogP) is 5.08. The monoisotopic (exact) mass is 498 g/mol. The highest BCUT2D eigenvalue weighted by atomic mass is 35.5. The average molecular weight is 499 g/mol. The third kappa shape index (κ3) is 4.70. The smallest absolute Gasteiger partial charge is 0.129 e. The second-order valence-electron chi connectivity index (χ2n) is 9.08. The van der Waals surface area contributed by atoms with Gasteiger partial charge in [0.25, 0.3) is 0 Å². The summed E-state index contributed by atoms with van der Waals surface area (Å²) >= 11 is 13.1. The van der Waals surface area contributed by atoms with E-state index in [1.165, 1.54) is 39.9 Å². The summed E-state index contributed by atoms with van der Waals surface area (Å²) < 4.78 is 0. The summed E-state index contributed by atoms with van der Waals surface area (Å²) in [5, 5.41) is 4.93. The first-order chi connectivity index (χ1) is 16.0. The summed E-state index contributed by atoms with van der Waals surface area (Å²) in [5.41, 5.74) is 2.57. The number of rotatable bonds is 5. The van der Waals surface area contributed by atoms with Gasteiger partial charge in [-0.05, 0) is 100.0 Å². The van der Waals surface area contributed by atoms with Crippen LogP contribution in [0, 0.1) is 0 Å². The second-order valence-corrected chi connectivity index (χ2v) is 12.0. The van der Waals surface area contributed by atoms with Gasteiger partial charge in [0.05, 0.1) is 0 Å². The van der Waals surface area contributed by atoms with Gasteiger partial charge in [0.15, 0.2) is 0 Å². The van der Waals surface area contributed by atoms with E-state index in [-0.39, 0.29) is 0 Å². The maximum atomic E-state index is 6.54. The fourth-order valence-corrected chi connectivity index (χ4v) is 8.54. The third-order valence-electron chi connectivity index (χ3n) is 7.01. The van der Waals surface area contributed by atoms with Gasteiger partial charge < -0.3 is 0 Å². The lowest BCUT2D eigenvalue weighted by molar-refractivity contribution is 0.318. The predicted molar refractivity (Wildman–Crippen MR) is 140 cm³/mol. The molecule has 2 fully saturated rings. The zero-order valence-electron chi connectivity index (χ0n) is 19.1. The standard InChI is InChI=1S/C26H29Cl2N4P/c1-31-12-6-10-21(31)19-16-29-25(27)14-23(19)33(18-8-4-3-5-9-18)24-15-26(28)30-17-20(24)22-11-7-13-32(22)2/h3-5,8-9,14-17,21-22H,6-7,10-13H2,1-2H3/t21-,22-/m0/s1. The van der Waals surface area contributed by atoms with E-state index in [0.717, 1.165) is 25.9 Å². The molecule has 4 nitrogen and oxygen atoms in total. The third-order valence-corrected chi connectivity index (χ3v) is 9.98. The minimum absolute atomic E-state index is 0.355. The first-order valence-electron chi connectivity index (χ1n) is 11.6. The summed E-state index contributed by atoms with van der Waals surface area (Å²) in [6, 6.07) is 15.7. The van der Waals surface area contributed by atoms with Crippen molar-refractivity contribution in [3.63, 3.8) is 0 Å². The van der Waals surface area contributed by atoms with Gasteiger partial charge in [-0.1, -0.05) is 53.5 Å². The molecule has 5 rings (SSSR count). The van der Waals surface area contributed by atoms with Crippen molar-refractivity contribution in [2.45, 2.75) is 37.8 Å². The molecule has 4 heterocycles. The zero-order chi connectivity index (χ0) is 22.9. The molecule has 0 N–H and O–H groups in total. The maximum absolute atomic E-state index is 6.54. The van der Waals surface area contributed by atoms with Crippen LogP contribution in [0.25, 0.3) is 0 Å². The van der Waals surface area contributed by atoms with E-state index < -0.39 is 7.92 Å². The Bertz CT molecular complexity index is 1060. The summed E-state index contributed by atoms with van der Waals surface area (Å²) in [6.45, 7) is 2.21. The number of likely N-dealkylation sites (tertiary alicyclic amines) is 2. The van der Waals surface area contributed by atoms with E-state index in [0.29, 0.717) is 22.4 Å². The topological polar surface area (TPSA) is 32.3 Å². The van der Waals surface area contributed by atoms with Crippen molar-refractivity contribution in [3.05, 3.63) is 76.3 Å². The Labute approximate surface area is 207 Å². The Balaban J connectivity index is 1.74. The van der Waals surface area contributed by atoms with Gasteiger partial charge in [0.2, 0.25) is 0 Å². The molecule has 172 valence electrons. The minimum Gasteiger partial charge on any atom is -0.299 e. The normalized spacial score (nSPS) is 21.8. The van der Waals surface area contributed by atoms with Crippen LogP contribution in [0.3, 0.4) is 0 Å². The zero-order valence-corrected chi connectivity index (χ0v) is 21.5. The first-order valence-corrected chi connectivity index (χ1v) is 13.7. The average Bonchev–Trinajstić information content (AvgIpc) is 3.43. The van der Waals surface area contributed by atoms with Crippen molar-refractivity contribution in [2.75, 3.05) is 27.2 Å². The molecule has 7 heteroatoms. The number of pyridine rings is 2. The van der Waals surface area contributed by atoms with E-state index in [1.807, 2.05) is 12.4 Å². The molecule has 0 bridgehead atoms. The molecule has 2 atom stereocenters. The molecule has 0 aliphatic carbocycles. The Morgan fingerprint density at radius 3 is 1.70 bits per heavy atom. The number of aromatic nitrogens is 2. The molecular formula is C26H29Cl2N4P. The molecule has 0 spiro atoms. The van der Waals surface area contributed by atoms with E-state index in [1.54, 1.807) is 0 Å². The van der Waals surface area contributed by atoms with Crippen LogP contribution in [-0.2, 0) is 0 Å². The number of nitrogens with zero attached hydrogens (tertiary/aromatic N) is 4. The van der Waals surface area contributed by atoms with Gasteiger partial charge >= 0.3 is 0 Å². The van der Waals surface area contributed by atoms with Crippen LogP contribution in [-0.4, -0.2) is 47.0 Å². The lowest BCUT2D eigenvalue weighted by Gasteiger charge is -2.30. The summed E-state index contributed by atoms with van der Waals surface area (Å²) in [7, 11) is 3.53. The molecule has 1 aromatic carbocycles. The van der Waals surface area contributed by atoms with Crippen molar-refractivity contribution in [1.29, 1.82) is 0 Å². The number of halogens is 2. The van der Waals surface area contributed by atoms with Gasteiger partial charge in [0.1, 0.15) is 10.3 Å². The van der Waals surface area contributed by atoms with Crippen molar-refractivity contribution in [3.8, 4) is 0 Å². The largest absolute Gasteiger partial charge is 0.299 e. The van der Waals surface area contributed by atoms with Crippen molar-refractivity contribution in [2.24, 2.45) is 0 Å². The highest BCUT2D eigenvalue weighted by Crippen LogP contribution is 2.43. The molecule has 0 saturated carbocycles. The van der Waals surface area contributed by atoms with Crippen LogP contribution in [0.2, 0.25) is 10.3 Å². The lowest BCUT2D eigenvalue weighted by Crippen LogP contribution is -2.31. The number of hydrogen-bond donors (Lipinski definition) is 0. The van der Waals surface area contributed by atoms with Crippen molar-refractivity contribution in [1.82, 2.24) is 19.8 Å². The number of hydrogen-bond acceptors (Lipinski definition) is 4. The minimum atomic E-state index is -0.893. The Kier molecular flexibility index (Phi) is 7.02. The molecule has 0 amide bonds. The Morgan fingerprint density at radius 2 is 1.27 bits per heavy atom. The van der Waals surface area contributed by atoms with Crippen molar-refractivity contribution >= 4 is 47.0 Å². The van der Waals surface area contributed by atoms with E-state index >= 15 is 0 Å². The van der Waals surface area contributed by atoms with Crippen LogP contribution in [0.15, 0.2) is 54.9 Å². The maximum Gasteiger partial charge on any atom is 0.129 e. The summed E-state index contributed by atoms with van der Waals surface area (Å²) in [4.78, 5) is 13.9. The fourth-order valence-electron chi connectivity index (χ4n) is 5.35. The SMILES string of the molecule is CN1CCC[C@H]1c1cnc(Cl)cc1P(c1ccccc1)c1cc(Cl)ncc1[C@@H]1CCCN1C. The molecular weight excluding hydrogens is 470 g/mol. The van der Waals surface area contributed by atoms with Gasteiger partial charge in [-0.2, -0.15) is 0 Å².